The van der Waals surface area contributed by atoms with Crippen LogP contribution in [0.15, 0.2) is 41.1 Å². The Morgan fingerprint density at radius 1 is 1.31 bits per heavy atom. The largest absolute Gasteiger partial charge is 0.333 e. The Labute approximate surface area is 164 Å². The lowest BCUT2D eigenvalue weighted by molar-refractivity contribution is 0.0520. The second-order valence-electron chi connectivity index (χ2n) is 5.15. The number of alkyl halides is 2. The number of benzene rings is 1. The first kappa shape index (κ1) is 18.8. The van der Waals surface area contributed by atoms with Gasteiger partial charge in [-0.05, 0) is 39.7 Å². The van der Waals surface area contributed by atoms with E-state index in [-0.39, 0.29) is 11.5 Å². The van der Waals surface area contributed by atoms with Crippen LogP contribution in [-0.2, 0) is 6.54 Å². The zero-order valence-electron chi connectivity index (χ0n) is 12.8. The Kier molecular flexibility index (Phi) is 5.59. The summed E-state index contributed by atoms with van der Waals surface area (Å²) >= 11 is 15.3. The quantitative estimate of drug-likeness (QED) is 0.587. The van der Waals surface area contributed by atoms with Crippen LogP contribution in [-0.4, -0.2) is 25.5 Å². The molecule has 6 nitrogen and oxygen atoms in total. The molecule has 136 valence electrons. The number of hydrogen-bond donors (Lipinski definition) is 1. The van der Waals surface area contributed by atoms with Crippen LogP contribution in [0.4, 0.5) is 14.6 Å². The Morgan fingerprint density at radius 2 is 2.08 bits per heavy atom. The fraction of sp³-hybridized carbons (Fsp3) is 0.133. The number of hydrogen-bond acceptors (Lipinski definition) is 3. The van der Waals surface area contributed by atoms with Crippen molar-refractivity contribution in [3.8, 4) is 0 Å². The number of nitrogens with one attached hydrogen (secondary N) is 1. The highest BCUT2D eigenvalue weighted by atomic mass is 79.9. The van der Waals surface area contributed by atoms with Crippen LogP contribution in [0.2, 0.25) is 10.0 Å². The Morgan fingerprint density at radius 3 is 2.77 bits per heavy atom. The molecule has 0 radical (unpaired) electrons. The van der Waals surface area contributed by atoms with Crippen LogP contribution in [0.5, 0.6) is 0 Å². The van der Waals surface area contributed by atoms with Crippen molar-refractivity contribution in [3.63, 3.8) is 0 Å². The van der Waals surface area contributed by atoms with Gasteiger partial charge < -0.3 is 5.32 Å². The van der Waals surface area contributed by atoms with E-state index in [0.29, 0.717) is 25.7 Å². The fourth-order valence-corrected chi connectivity index (χ4v) is 3.09. The molecule has 1 aromatic carbocycles. The highest BCUT2D eigenvalue weighted by molar-refractivity contribution is 9.10. The molecule has 0 bridgehead atoms. The lowest BCUT2D eigenvalue weighted by Crippen LogP contribution is -2.19. The Balaban J connectivity index is 1.78. The maximum Gasteiger partial charge on any atom is 0.333 e. The topological polar surface area (TPSA) is 64.7 Å². The van der Waals surface area contributed by atoms with E-state index in [2.05, 4.69) is 31.4 Å². The molecule has 1 N–H and O–H groups in total. The molecule has 0 aliphatic heterocycles. The van der Waals surface area contributed by atoms with Gasteiger partial charge in [-0.25, -0.2) is 0 Å². The van der Waals surface area contributed by atoms with Crippen molar-refractivity contribution >= 4 is 50.9 Å². The molecule has 3 rings (SSSR count). The molecule has 0 spiro atoms. The second kappa shape index (κ2) is 7.73. The van der Waals surface area contributed by atoms with Gasteiger partial charge in [0.15, 0.2) is 5.82 Å². The molecule has 0 unspecified atom stereocenters. The van der Waals surface area contributed by atoms with E-state index in [1.54, 1.807) is 29.1 Å². The molecule has 2 aromatic heterocycles. The zero-order chi connectivity index (χ0) is 18.8. The van der Waals surface area contributed by atoms with Gasteiger partial charge in [0.2, 0.25) is 0 Å². The number of rotatable bonds is 5. The lowest BCUT2D eigenvalue weighted by Gasteiger charge is -2.06. The van der Waals surface area contributed by atoms with Crippen LogP contribution >= 0.6 is 39.1 Å². The molecular weight excluding hydrogens is 455 g/mol. The van der Waals surface area contributed by atoms with Crippen LogP contribution < -0.4 is 5.32 Å². The number of amides is 1. The van der Waals surface area contributed by atoms with Crippen LogP contribution in [0.1, 0.15) is 22.6 Å². The monoisotopic (exact) mass is 463 g/mol. The molecule has 0 aliphatic rings. The number of carbonyl (C=O) groups is 1. The summed E-state index contributed by atoms with van der Waals surface area (Å²) in [6.45, 7) is -2.59. The van der Waals surface area contributed by atoms with Crippen molar-refractivity contribution in [1.29, 1.82) is 0 Å². The van der Waals surface area contributed by atoms with Crippen molar-refractivity contribution in [2.75, 3.05) is 5.32 Å². The summed E-state index contributed by atoms with van der Waals surface area (Å²) in [4.78, 5) is 12.2. The molecule has 0 saturated carbocycles. The molecule has 0 atom stereocenters. The molecule has 11 heteroatoms. The maximum absolute atomic E-state index is 12.8. The van der Waals surface area contributed by atoms with E-state index in [1.165, 1.54) is 6.07 Å². The molecule has 0 aliphatic carbocycles. The molecular formula is C15H10BrCl2F2N5O. The van der Waals surface area contributed by atoms with Gasteiger partial charge in [0.05, 0.1) is 11.0 Å². The van der Waals surface area contributed by atoms with E-state index in [4.69, 9.17) is 23.2 Å². The summed E-state index contributed by atoms with van der Waals surface area (Å²) in [7, 11) is 0. The first-order valence-electron chi connectivity index (χ1n) is 7.15. The van der Waals surface area contributed by atoms with Crippen LogP contribution in [0, 0.1) is 0 Å². The Bertz CT molecular complexity index is 959. The third-order valence-corrected chi connectivity index (χ3v) is 4.55. The first-order valence-corrected chi connectivity index (χ1v) is 8.70. The number of anilines is 1. The number of nitrogens with zero attached hydrogens (tertiary/aromatic N) is 4. The van der Waals surface area contributed by atoms with Crippen LogP contribution in [0.3, 0.4) is 0 Å². The van der Waals surface area contributed by atoms with E-state index in [0.717, 1.165) is 11.8 Å². The standard InChI is InChI=1S/C15H10BrCl2F2N5O/c16-10-7-24(6-8-1-2-9(17)5-11(8)18)23-13(10)22-14(26)12-3-4-21-25(12)15(19)20/h1-5,7,15H,6H2,(H,22,23,26). The molecule has 1 amide bonds. The highest BCUT2D eigenvalue weighted by Crippen LogP contribution is 2.25. The smallest absolute Gasteiger partial charge is 0.303 e. The van der Waals surface area contributed by atoms with Crippen molar-refractivity contribution in [3.05, 3.63) is 62.4 Å². The van der Waals surface area contributed by atoms with E-state index in [1.807, 2.05) is 0 Å². The van der Waals surface area contributed by atoms with Gasteiger partial charge in [-0.15, -0.1) is 0 Å². The lowest BCUT2D eigenvalue weighted by atomic mass is 10.2. The molecule has 26 heavy (non-hydrogen) atoms. The molecule has 2 heterocycles. The van der Waals surface area contributed by atoms with E-state index >= 15 is 0 Å². The zero-order valence-corrected chi connectivity index (χ0v) is 15.9. The molecule has 0 fully saturated rings. The minimum Gasteiger partial charge on any atom is -0.303 e. The summed E-state index contributed by atoms with van der Waals surface area (Å²) in [5, 5.41) is 11.1. The summed E-state index contributed by atoms with van der Waals surface area (Å²) < 4.78 is 28.0. The average molecular weight is 465 g/mol. The number of halogens is 5. The SMILES string of the molecule is O=C(Nc1nn(Cc2ccc(Cl)cc2Cl)cc1Br)c1ccnn1C(F)F. The van der Waals surface area contributed by atoms with Gasteiger partial charge >= 0.3 is 6.55 Å². The van der Waals surface area contributed by atoms with Crippen molar-refractivity contribution in [1.82, 2.24) is 19.6 Å². The van der Waals surface area contributed by atoms with Gasteiger partial charge in [-0.3, -0.25) is 9.48 Å². The minimum absolute atomic E-state index is 0.183. The molecule has 3 aromatic rings. The summed E-state index contributed by atoms with van der Waals surface area (Å²) in [6, 6.07) is 6.28. The summed E-state index contributed by atoms with van der Waals surface area (Å²) in [6.07, 6.45) is 2.75. The van der Waals surface area contributed by atoms with E-state index < -0.39 is 12.5 Å². The normalized spacial score (nSPS) is 11.2. The van der Waals surface area contributed by atoms with Crippen molar-refractivity contribution in [2.24, 2.45) is 0 Å². The summed E-state index contributed by atoms with van der Waals surface area (Å²) in [5.41, 5.74) is 0.502. The summed E-state index contributed by atoms with van der Waals surface area (Å²) in [5.74, 6) is -0.569. The minimum atomic E-state index is -2.92. The van der Waals surface area contributed by atoms with Gasteiger partial charge in [0.1, 0.15) is 5.69 Å². The third kappa shape index (κ3) is 4.05. The van der Waals surface area contributed by atoms with Gasteiger partial charge in [-0.2, -0.15) is 23.7 Å². The number of carbonyl (C=O) groups excluding carboxylic acids is 1. The average Bonchev–Trinajstić information content (AvgIpc) is 3.18. The van der Waals surface area contributed by atoms with E-state index in [9.17, 15) is 13.6 Å². The van der Waals surface area contributed by atoms with Gasteiger partial charge in [0.25, 0.3) is 5.91 Å². The molecule has 0 saturated heterocycles. The van der Waals surface area contributed by atoms with Gasteiger partial charge in [0, 0.05) is 22.4 Å². The predicted octanol–water partition coefficient (Wildman–Crippen LogP) is 4.84. The highest BCUT2D eigenvalue weighted by Gasteiger charge is 2.20. The van der Waals surface area contributed by atoms with Crippen LogP contribution in [0.25, 0.3) is 0 Å². The predicted molar refractivity (Wildman–Crippen MR) is 96.9 cm³/mol. The van der Waals surface area contributed by atoms with Crippen molar-refractivity contribution < 1.29 is 13.6 Å². The number of aromatic nitrogens is 4. The fourth-order valence-electron chi connectivity index (χ4n) is 2.21. The first-order chi connectivity index (χ1) is 12.3. The Hall–Kier alpha value is -1.97. The maximum atomic E-state index is 12.8. The second-order valence-corrected chi connectivity index (χ2v) is 6.85. The van der Waals surface area contributed by atoms with Gasteiger partial charge in [-0.1, -0.05) is 29.3 Å². The third-order valence-electron chi connectivity index (χ3n) is 3.38. The van der Waals surface area contributed by atoms with Crippen molar-refractivity contribution in [2.45, 2.75) is 13.1 Å².